The van der Waals surface area contributed by atoms with Crippen molar-refractivity contribution in [3.8, 4) is 0 Å². The molecule has 104 valence electrons. The number of halogens is 3. The topological polar surface area (TPSA) is 50.2 Å². The number of benzene rings is 1. The fourth-order valence-electron chi connectivity index (χ4n) is 1.87. The first-order valence-electron chi connectivity index (χ1n) is 5.76. The molecule has 0 bridgehead atoms. The largest absolute Gasteiger partial charge is 0.481 e. The number of carbonyl (C=O) groups is 1. The summed E-state index contributed by atoms with van der Waals surface area (Å²) in [5.74, 6) is -2.61. The third-order valence-corrected chi connectivity index (χ3v) is 3.36. The van der Waals surface area contributed by atoms with Gasteiger partial charge in [-0.2, -0.15) is 0 Å². The molecule has 0 saturated heterocycles. The summed E-state index contributed by atoms with van der Waals surface area (Å²) >= 11 is 11.7. The number of aromatic nitrogens is 1. The van der Waals surface area contributed by atoms with Crippen LogP contribution in [0.2, 0.25) is 10.0 Å². The van der Waals surface area contributed by atoms with Gasteiger partial charge in [-0.25, -0.2) is 4.39 Å². The van der Waals surface area contributed by atoms with Crippen LogP contribution in [-0.2, 0) is 11.2 Å². The first-order chi connectivity index (χ1) is 9.49. The number of rotatable bonds is 4. The smallest absolute Gasteiger partial charge is 0.312 e. The van der Waals surface area contributed by atoms with Crippen molar-refractivity contribution in [2.24, 2.45) is 0 Å². The maximum Gasteiger partial charge on any atom is 0.312 e. The van der Waals surface area contributed by atoms with Crippen LogP contribution >= 0.6 is 23.2 Å². The average Bonchev–Trinajstić information content (AvgIpc) is 2.38. The van der Waals surface area contributed by atoms with Crippen LogP contribution in [0.3, 0.4) is 0 Å². The predicted molar refractivity (Wildman–Crippen MR) is 74.7 cm³/mol. The minimum Gasteiger partial charge on any atom is -0.481 e. The molecule has 1 heterocycles. The summed E-state index contributed by atoms with van der Waals surface area (Å²) in [6.45, 7) is 0. The van der Waals surface area contributed by atoms with Gasteiger partial charge in [-0.05, 0) is 24.1 Å². The standard InChI is InChI=1S/C14H10Cl2FNO2/c15-9-6-11(16)13(18-7-9)10(14(19)20)5-8-3-1-2-4-12(8)17/h1-4,6-7,10H,5H2,(H,19,20). The van der Waals surface area contributed by atoms with Crippen molar-refractivity contribution in [1.29, 1.82) is 0 Å². The maximum absolute atomic E-state index is 13.6. The van der Waals surface area contributed by atoms with Gasteiger partial charge in [0.1, 0.15) is 11.7 Å². The minimum absolute atomic E-state index is 0.0314. The van der Waals surface area contributed by atoms with Gasteiger partial charge >= 0.3 is 5.97 Å². The second-order valence-electron chi connectivity index (χ2n) is 4.21. The number of pyridine rings is 1. The molecule has 1 N–H and O–H groups in total. The van der Waals surface area contributed by atoms with E-state index in [1.54, 1.807) is 12.1 Å². The average molecular weight is 314 g/mol. The van der Waals surface area contributed by atoms with Gasteiger partial charge in [-0.1, -0.05) is 41.4 Å². The van der Waals surface area contributed by atoms with Crippen LogP contribution in [0.1, 0.15) is 17.2 Å². The molecule has 0 saturated carbocycles. The van der Waals surface area contributed by atoms with Crippen molar-refractivity contribution in [1.82, 2.24) is 4.98 Å². The summed E-state index contributed by atoms with van der Waals surface area (Å²) in [5.41, 5.74) is 0.472. The number of carboxylic acid groups (broad SMARTS) is 1. The molecular weight excluding hydrogens is 304 g/mol. The molecule has 2 aromatic rings. The van der Waals surface area contributed by atoms with Gasteiger partial charge in [-0.15, -0.1) is 0 Å². The Bertz CT molecular complexity index is 649. The van der Waals surface area contributed by atoms with Crippen molar-refractivity contribution in [2.45, 2.75) is 12.3 Å². The van der Waals surface area contributed by atoms with Gasteiger partial charge in [-0.3, -0.25) is 9.78 Å². The van der Waals surface area contributed by atoms with Crippen molar-refractivity contribution >= 4 is 29.2 Å². The molecule has 0 fully saturated rings. The fourth-order valence-corrected chi connectivity index (χ4v) is 2.38. The predicted octanol–water partition coefficient (Wildman–Crippen LogP) is 3.94. The molecule has 20 heavy (non-hydrogen) atoms. The van der Waals surface area contributed by atoms with E-state index in [2.05, 4.69) is 4.98 Å². The van der Waals surface area contributed by atoms with E-state index >= 15 is 0 Å². The normalized spacial score (nSPS) is 12.2. The highest BCUT2D eigenvalue weighted by molar-refractivity contribution is 6.34. The van der Waals surface area contributed by atoms with E-state index in [0.717, 1.165) is 0 Å². The van der Waals surface area contributed by atoms with Gasteiger partial charge < -0.3 is 5.11 Å². The van der Waals surface area contributed by atoms with Gasteiger partial charge in [0.05, 0.1) is 15.7 Å². The first-order valence-corrected chi connectivity index (χ1v) is 6.51. The molecule has 3 nitrogen and oxygen atoms in total. The zero-order valence-corrected chi connectivity index (χ0v) is 11.7. The number of hydrogen-bond acceptors (Lipinski definition) is 2. The van der Waals surface area contributed by atoms with E-state index in [9.17, 15) is 14.3 Å². The molecule has 1 atom stereocenters. The molecule has 0 aliphatic carbocycles. The molecular formula is C14H10Cl2FNO2. The highest BCUT2D eigenvalue weighted by Gasteiger charge is 2.25. The van der Waals surface area contributed by atoms with Gasteiger partial charge in [0.15, 0.2) is 0 Å². The monoisotopic (exact) mass is 313 g/mol. The van der Waals surface area contributed by atoms with Crippen LogP contribution in [-0.4, -0.2) is 16.1 Å². The molecule has 1 aromatic heterocycles. The van der Waals surface area contributed by atoms with Crippen LogP contribution in [0, 0.1) is 5.82 Å². The number of hydrogen-bond donors (Lipinski definition) is 1. The number of nitrogens with zero attached hydrogens (tertiary/aromatic N) is 1. The summed E-state index contributed by atoms with van der Waals surface area (Å²) in [6, 6.07) is 7.43. The summed E-state index contributed by atoms with van der Waals surface area (Å²) in [5, 5.41) is 9.79. The Morgan fingerprint density at radius 3 is 2.65 bits per heavy atom. The van der Waals surface area contributed by atoms with Crippen molar-refractivity contribution in [3.63, 3.8) is 0 Å². The van der Waals surface area contributed by atoms with E-state index in [-0.39, 0.29) is 17.1 Å². The summed E-state index contributed by atoms with van der Waals surface area (Å²) in [6.07, 6.45) is 1.29. The molecule has 0 amide bonds. The zero-order chi connectivity index (χ0) is 14.7. The molecule has 2 rings (SSSR count). The van der Waals surface area contributed by atoms with Crippen LogP contribution in [0.25, 0.3) is 0 Å². The molecule has 0 aliphatic rings. The molecule has 0 aliphatic heterocycles. The third-order valence-electron chi connectivity index (χ3n) is 2.85. The second-order valence-corrected chi connectivity index (χ2v) is 5.05. The fraction of sp³-hybridized carbons (Fsp3) is 0.143. The molecule has 1 aromatic carbocycles. The van der Waals surface area contributed by atoms with Crippen LogP contribution in [0.4, 0.5) is 4.39 Å². The quantitative estimate of drug-likeness (QED) is 0.930. The summed E-state index contributed by atoms with van der Waals surface area (Å²) in [7, 11) is 0. The number of carboxylic acids is 1. The summed E-state index contributed by atoms with van der Waals surface area (Å²) < 4.78 is 13.6. The second kappa shape index (κ2) is 6.20. The van der Waals surface area contributed by atoms with E-state index in [1.165, 1.54) is 24.4 Å². The van der Waals surface area contributed by atoms with Crippen molar-refractivity contribution < 1.29 is 14.3 Å². The summed E-state index contributed by atoms with van der Waals surface area (Å²) in [4.78, 5) is 15.4. The lowest BCUT2D eigenvalue weighted by Crippen LogP contribution is -2.17. The first kappa shape index (κ1) is 14.8. The Labute approximate surface area is 125 Å². The van der Waals surface area contributed by atoms with Gasteiger partial charge in [0.25, 0.3) is 0 Å². The van der Waals surface area contributed by atoms with Crippen LogP contribution in [0.5, 0.6) is 0 Å². The molecule has 0 spiro atoms. The maximum atomic E-state index is 13.6. The third kappa shape index (κ3) is 3.26. The van der Waals surface area contributed by atoms with Gasteiger partial charge in [0.2, 0.25) is 0 Å². The molecule has 6 heteroatoms. The number of aliphatic carboxylic acids is 1. The lowest BCUT2D eigenvalue weighted by atomic mass is 9.95. The highest BCUT2D eigenvalue weighted by atomic mass is 35.5. The van der Waals surface area contributed by atoms with E-state index in [4.69, 9.17) is 23.2 Å². The lowest BCUT2D eigenvalue weighted by molar-refractivity contribution is -0.138. The highest BCUT2D eigenvalue weighted by Crippen LogP contribution is 2.28. The van der Waals surface area contributed by atoms with E-state index in [0.29, 0.717) is 10.6 Å². The van der Waals surface area contributed by atoms with Crippen LogP contribution in [0.15, 0.2) is 36.5 Å². The van der Waals surface area contributed by atoms with Crippen molar-refractivity contribution in [3.05, 3.63) is 63.6 Å². The molecule has 0 radical (unpaired) electrons. The van der Waals surface area contributed by atoms with E-state index < -0.39 is 17.7 Å². The Kier molecular flexibility index (Phi) is 4.57. The zero-order valence-electron chi connectivity index (χ0n) is 10.2. The lowest BCUT2D eigenvalue weighted by Gasteiger charge is -2.14. The SMILES string of the molecule is O=C(O)C(Cc1ccccc1F)c1ncc(Cl)cc1Cl. The molecule has 1 unspecified atom stereocenters. The Balaban J connectivity index is 2.37. The van der Waals surface area contributed by atoms with E-state index in [1.807, 2.05) is 0 Å². The van der Waals surface area contributed by atoms with Crippen molar-refractivity contribution in [2.75, 3.05) is 0 Å². The Hall–Kier alpha value is -1.65. The Morgan fingerprint density at radius 2 is 2.05 bits per heavy atom. The van der Waals surface area contributed by atoms with Crippen LogP contribution < -0.4 is 0 Å². The van der Waals surface area contributed by atoms with Gasteiger partial charge in [0, 0.05) is 6.20 Å². The minimum atomic E-state index is -1.12. The Morgan fingerprint density at radius 1 is 1.35 bits per heavy atom.